The van der Waals surface area contributed by atoms with Gasteiger partial charge in [-0.05, 0) is 0 Å². The third-order valence-corrected chi connectivity index (χ3v) is 19.8. The van der Waals surface area contributed by atoms with Gasteiger partial charge in [-0.25, -0.2) is 0 Å². The van der Waals surface area contributed by atoms with Crippen molar-refractivity contribution in [1.82, 2.24) is 9.97 Å². The third kappa shape index (κ3) is 9.39. The van der Waals surface area contributed by atoms with Gasteiger partial charge < -0.3 is 0 Å². The average molecular weight is 1020 g/mol. The van der Waals surface area contributed by atoms with Crippen LogP contribution in [0.1, 0.15) is 63.0 Å². The van der Waals surface area contributed by atoms with Crippen molar-refractivity contribution in [3.05, 3.63) is 133 Å². The van der Waals surface area contributed by atoms with Crippen LogP contribution >= 0.6 is 0 Å². The molecule has 0 spiro atoms. The summed E-state index contributed by atoms with van der Waals surface area (Å²) in [6.07, 6.45) is 12.3. The topological polar surface area (TPSA) is 25.8 Å². The van der Waals surface area contributed by atoms with E-state index in [4.69, 9.17) is 9.97 Å². The van der Waals surface area contributed by atoms with E-state index < -0.39 is 26.5 Å². The SMILES string of the molecule is CC(C)Cc1cc(-c2[c-]cccc2)nc[c]1[Ge]([CH3])([CH3])[CH3].[CH3][Ge]([CH3])([CH3])[c]1cnc(-c2[c-]cc3c4ccccc4c4ccccc4c3c2)cc1C1CCCCC1.[Ir]. The van der Waals surface area contributed by atoms with Crippen LogP contribution in [0.3, 0.4) is 0 Å². The summed E-state index contributed by atoms with van der Waals surface area (Å²) in [5.41, 5.74) is 7.42. The molecule has 285 valence electrons. The maximum atomic E-state index is 5.04. The average Bonchev–Trinajstić information content (AvgIpc) is 3.17. The Labute approximate surface area is 349 Å². The number of pyridine rings is 2. The number of rotatable bonds is 7. The van der Waals surface area contributed by atoms with E-state index in [-0.39, 0.29) is 20.1 Å². The van der Waals surface area contributed by atoms with Crippen molar-refractivity contribution in [2.24, 2.45) is 5.92 Å². The first-order chi connectivity index (χ1) is 25.9. The van der Waals surface area contributed by atoms with Gasteiger partial charge in [0, 0.05) is 20.1 Å². The Kier molecular flexibility index (Phi) is 13.3. The van der Waals surface area contributed by atoms with Crippen molar-refractivity contribution >= 4 is 67.6 Å². The van der Waals surface area contributed by atoms with Gasteiger partial charge in [0.25, 0.3) is 0 Å². The van der Waals surface area contributed by atoms with Crippen molar-refractivity contribution in [2.75, 3.05) is 0 Å². The Bertz CT molecular complexity index is 2370. The monoisotopic (exact) mass is 1030 g/mol. The smallest absolute Gasteiger partial charge is 0 e. The van der Waals surface area contributed by atoms with Gasteiger partial charge in [0.05, 0.1) is 0 Å². The zero-order valence-corrected chi connectivity index (χ0v) is 40.6. The maximum absolute atomic E-state index is 5.04. The Balaban J connectivity index is 0.000000211. The van der Waals surface area contributed by atoms with Gasteiger partial charge in [0.1, 0.15) is 0 Å². The van der Waals surface area contributed by atoms with Crippen LogP contribution in [0.4, 0.5) is 0 Å². The van der Waals surface area contributed by atoms with E-state index >= 15 is 0 Å². The molecule has 0 unspecified atom stereocenters. The minimum absolute atomic E-state index is 0. The molecule has 5 aromatic carbocycles. The molecular formula is C50H56Ge2IrN2-2. The van der Waals surface area contributed by atoms with Gasteiger partial charge in [0.15, 0.2) is 0 Å². The number of nitrogens with zero attached hydrogens (tertiary/aromatic N) is 2. The first-order valence-corrected chi connectivity index (χ1v) is 34.8. The van der Waals surface area contributed by atoms with E-state index in [9.17, 15) is 0 Å². The molecule has 0 aliphatic heterocycles. The van der Waals surface area contributed by atoms with Crippen molar-refractivity contribution in [1.29, 1.82) is 0 Å². The zero-order valence-electron chi connectivity index (χ0n) is 34.0. The molecule has 2 aromatic heterocycles. The molecule has 55 heavy (non-hydrogen) atoms. The summed E-state index contributed by atoms with van der Waals surface area (Å²) in [4.78, 5) is 9.73. The third-order valence-electron chi connectivity index (χ3n) is 11.2. The zero-order chi connectivity index (χ0) is 38.0. The summed E-state index contributed by atoms with van der Waals surface area (Å²) >= 11 is -3.88. The van der Waals surface area contributed by atoms with Gasteiger partial charge in [-0.1, -0.05) is 0 Å². The Hall–Kier alpha value is -3.08. The van der Waals surface area contributed by atoms with E-state index in [1.54, 1.807) is 14.4 Å². The fraction of sp³-hybridized carbons (Fsp3) is 0.320. The normalized spacial score (nSPS) is 13.8. The molecule has 5 heteroatoms. The molecule has 1 aliphatic rings. The molecule has 1 fully saturated rings. The largest absolute Gasteiger partial charge is 0 e. The summed E-state index contributed by atoms with van der Waals surface area (Å²) in [7, 11) is 0. The van der Waals surface area contributed by atoms with Crippen LogP contribution in [0, 0.1) is 18.1 Å². The summed E-state index contributed by atoms with van der Waals surface area (Å²) in [5.74, 6) is 16.2. The maximum Gasteiger partial charge on any atom is 0 e. The van der Waals surface area contributed by atoms with Crippen LogP contribution < -0.4 is 8.79 Å². The van der Waals surface area contributed by atoms with Crippen LogP contribution in [0.15, 0.2) is 109 Å². The minimum atomic E-state index is -2.02. The number of hydrogen-bond acceptors (Lipinski definition) is 2. The van der Waals surface area contributed by atoms with E-state index in [2.05, 4.69) is 152 Å². The Morgan fingerprint density at radius 2 is 1.15 bits per heavy atom. The number of aromatic nitrogens is 2. The molecule has 0 atom stereocenters. The quantitative estimate of drug-likeness (QED) is 0.0903. The molecule has 1 radical (unpaired) electrons. The first kappa shape index (κ1) is 41.5. The van der Waals surface area contributed by atoms with Crippen LogP contribution in [-0.2, 0) is 26.5 Å². The second-order valence-electron chi connectivity index (χ2n) is 17.9. The molecule has 7 aromatic rings. The van der Waals surface area contributed by atoms with Gasteiger partial charge in [-0.2, -0.15) is 0 Å². The van der Waals surface area contributed by atoms with E-state index in [0.29, 0.717) is 11.8 Å². The van der Waals surface area contributed by atoms with Crippen molar-refractivity contribution in [3.63, 3.8) is 0 Å². The summed E-state index contributed by atoms with van der Waals surface area (Å²) in [6, 6.07) is 41.8. The Morgan fingerprint density at radius 1 is 0.600 bits per heavy atom. The molecule has 2 heterocycles. The predicted molar refractivity (Wildman–Crippen MR) is 240 cm³/mol. The summed E-state index contributed by atoms with van der Waals surface area (Å²) < 4.78 is 3.13. The number of hydrogen-bond donors (Lipinski definition) is 0. The number of benzene rings is 5. The molecule has 0 bridgehead atoms. The van der Waals surface area contributed by atoms with E-state index in [0.717, 1.165) is 28.9 Å². The van der Waals surface area contributed by atoms with Crippen LogP contribution in [-0.4, -0.2) is 36.5 Å². The molecule has 8 rings (SSSR count). The second kappa shape index (κ2) is 17.6. The molecular weight excluding hydrogens is 966 g/mol. The van der Waals surface area contributed by atoms with E-state index in [1.807, 2.05) is 18.2 Å². The van der Waals surface area contributed by atoms with Gasteiger partial charge >= 0.3 is 332 Å². The molecule has 1 aliphatic carbocycles. The second-order valence-corrected chi connectivity index (χ2v) is 39.0. The molecule has 1 saturated carbocycles. The summed E-state index contributed by atoms with van der Waals surface area (Å²) in [5, 5.41) is 7.79. The van der Waals surface area contributed by atoms with Crippen LogP contribution in [0.2, 0.25) is 34.5 Å². The van der Waals surface area contributed by atoms with Crippen molar-refractivity contribution < 1.29 is 20.1 Å². The van der Waals surface area contributed by atoms with Gasteiger partial charge in [-0.3, -0.25) is 0 Å². The standard InChI is InChI=1S/C32H32GeN.C18H24GeN.Ir/c1-33(2,3)31-21-34-32(20-29(31)22-11-5-4-6-12-22)23-17-18-28-26-15-8-7-13-24(26)25-14-9-10-16-27(25)30(28)19-23;1-14(2)11-16-12-18(15-9-7-6-8-10-15)20-13-17(16)19(3,4)5;/h7-10,13-16,18-22H,4-6,11-12H2,1-3H3;6-9,12-14H,11H2,1-5H3;/q2*-1;. The fourth-order valence-corrected chi connectivity index (χ4v) is 15.1. The van der Waals surface area contributed by atoms with Gasteiger partial charge in [0.2, 0.25) is 0 Å². The van der Waals surface area contributed by atoms with Crippen LogP contribution in [0.25, 0.3) is 54.8 Å². The first-order valence-electron chi connectivity index (χ1n) is 20.1. The van der Waals surface area contributed by atoms with Gasteiger partial charge in [-0.15, -0.1) is 0 Å². The molecule has 0 amide bonds. The van der Waals surface area contributed by atoms with E-state index in [1.165, 1.54) is 70.0 Å². The molecule has 2 nitrogen and oxygen atoms in total. The summed E-state index contributed by atoms with van der Waals surface area (Å²) in [6.45, 7) is 4.57. The van der Waals surface area contributed by atoms with Crippen molar-refractivity contribution in [3.8, 4) is 22.5 Å². The molecule has 0 N–H and O–H groups in total. The Morgan fingerprint density at radius 3 is 1.71 bits per heavy atom. The van der Waals surface area contributed by atoms with Crippen LogP contribution in [0.5, 0.6) is 0 Å². The predicted octanol–water partition coefficient (Wildman–Crippen LogP) is 12.9. The number of fused-ring (bicyclic) bond motifs is 6. The minimum Gasteiger partial charge on any atom is 0 e. The fourth-order valence-electron chi connectivity index (χ4n) is 8.47. The molecule has 0 saturated heterocycles. The van der Waals surface area contributed by atoms with Crippen molar-refractivity contribution in [2.45, 2.75) is 92.8 Å².